The highest BCUT2D eigenvalue weighted by molar-refractivity contribution is 7.86. The zero-order valence-corrected chi connectivity index (χ0v) is 69.1. The lowest BCUT2D eigenvalue weighted by Gasteiger charge is -2.31. The first-order chi connectivity index (χ1) is 60.2. The fraction of sp³-hybridized carbons (Fsp3) is 0.472. The van der Waals surface area contributed by atoms with Crippen LogP contribution in [0, 0.1) is 49.7 Å². The van der Waals surface area contributed by atoms with Crippen LogP contribution < -0.4 is 10.6 Å². The number of nitrogens with zero attached hydrogens (tertiary/aromatic N) is 20. The molecule has 53 heteroatoms. The Kier molecular flexibility index (Phi) is 29.6. The summed E-state index contributed by atoms with van der Waals surface area (Å²) in [7, 11) is -16.4. The van der Waals surface area contributed by atoms with Gasteiger partial charge in [-0.2, -0.15) is 10.5 Å². The zero-order valence-electron chi connectivity index (χ0n) is 65.5. The highest BCUT2D eigenvalue weighted by Gasteiger charge is 2.59. The minimum atomic E-state index is -4.84. The number of benzene rings is 2. The number of imidazole rings is 4. The Bertz CT molecular complexity index is 5680. The van der Waals surface area contributed by atoms with Crippen LogP contribution in [0.5, 0.6) is 0 Å². The van der Waals surface area contributed by atoms with Crippen molar-refractivity contribution in [2.45, 2.75) is 151 Å². The summed E-state index contributed by atoms with van der Waals surface area (Å²) in [4.78, 5) is 88.3. The molecular formula is C72H82B2F4N22O21P4. The Hall–Kier alpha value is -9.81. The Morgan fingerprint density at radius 2 is 0.976 bits per heavy atom. The van der Waals surface area contributed by atoms with Crippen molar-refractivity contribution in [1.29, 1.82) is 10.5 Å². The predicted molar refractivity (Wildman–Crippen MR) is 437 cm³/mol. The number of fused-ring (bicyclic) bond motifs is 10. The second kappa shape index (κ2) is 40.4. The van der Waals surface area contributed by atoms with Crippen molar-refractivity contribution in [2.24, 2.45) is 0 Å². The SMILES string of the molecule is CC(C)(C)OO.[BH3-][P+]1(OCC[N+]#[C-])OC[C@H]2O[C@@H](n3cnc4c(C)ncnc43)[C@H](F)[C@@H]2OP(=O)(OCCC#N)OC[C@H]2O[C@@H](n3cnc4c(NC(=O)c5ccccc5)ncnc43)[C@H](O1)C2F.[BH3-][P+]1(OCC[N+]#[C-])OC[C@H]2O[C@@H](n3cnc4c(C)ncnc43)[C@H](F)[C@@H]2OP(OCCC#N)OC[C@H]2O[C@@H](n3cnc4c(NC(=O)c5ccccc5)ncnc43)[C@H](O1)C2F. The summed E-state index contributed by atoms with van der Waals surface area (Å²) in [5, 5.41) is 31.8. The van der Waals surface area contributed by atoms with Crippen LogP contribution in [0.15, 0.2) is 111 Å². The molecular weight excluding hydrogens is 1730 g/mol. The maximum absolute atomic E-state index is 16.9. The standard InChI is InChI=1S/C34H36BF2N11O10P2.C34H36BF2N11O9P2.C4H10O2/c1-19-25-30(42-15-40-19)47(17-44-25)33-24(37)27-22(56-33)14-53-59(35,51-12-10-39-2)57-28-23(36)21(13-54-60(50,58-27)52-11-6-9-38)55-34(28)48-18-45-26-29(41-16-43-31(26)48)46-32(49)20-7-4-3-5-8-20;1-19-25-30(42-15-40-19)47(17-44-25)33-24(37)27-22(55-33)14-53-59(35,52-12-10-39-2)57-28-23(36)21(13-51-58(56-27)50-11-6-9-38)54-34(28)48-18-45-26-29(41-16-43-31(26)48)46-32(49)20-7-4-3-5-8-20;1-4(2,3)6-5/h3-5,7-8,15-18,21-24,27-28,33-34H,6,10-14H2,1,35H3,(H,41,43,46,49);3-5,7-8,15-18,21-24,27-28,33-34H,6,10-14H2,1,35H3,(H,41,43,46,49);5H,1-3H3/t21-,22-,23?,24-,27-,28-,33-,34-,59?,60?;21-,22-,23?,24-,27-,28-,33-,34-,58?,59?;/m11./s1. The second-order valence-corrected chi connectivity index (χ2v) is 33.2. The summed E-state index contributed by atoms with van der Waals surface area (Å²) in [5.74, 6) is -0.712. The largest absolute Gasteiger partial charge is 0.475 e. The molecule has 6 aliphatic heterocycles. The van der Waals surface area contributed by atoms with Crippen LogP contribution in [0.4, 0.5) is 29.2 Å². The first-order valence-electron chi connectivity index (χ1n) is 37.6. The molecule has 14 heterocycles. The van der Waals surface area contributed by atoms with Gasteiger partial charge in [0, 0.05) is 11.1 Å². The first kappa shape index (κ1) is 91.4. The van der Waals surface area contributed by atoms with Gasteiger partial charge in [0.2, 0.25) is 43.9 Å². The van der Waals surface area contributed by atoms with Crippen molar-refractivity contribution in [3.8, 4) is 12.1 Å². The number of phosphoric ester groups is 1. The highest BCUT2D eigenvalue weighted by atomic mass is 31.2. The van der Waals surface area contributed by atoms with Gasteiger partial charge in [0.1, 0.15) is 86.2 Å². The number of ether oxygens (including phenoxy) is 4. The van der Waals surface area contributed by atoms with E-state index in [-0.39, 0.29) is 92.0 Å². The van der Waals surface area contributed by atoms with Crippen LogP contribution in [0.25, 0.3) is 54.3 Å². The third-order valence-electron chi connectivity index (χ3n) is 18.7. The number of anilines is 2. The van der Waals surface area contributed by atoms with Gasteiger partial charge < -0.3 is 52.8 Å². The maximum atomic E-state index is 16.9. The minimum absolute atomic E-state index is 0.0269. The van der Waals surface area contributed by atoms with Crippen molar-refractivity contribution in [3.05, 3.63) is 157 Å². The van der Waals surface area contributed by atoms with Crippen LogP contribution in [0.2, 0.25) is 0 Å². The van der Waals surface area contributed by atoms with Gasteiger partial charge in [-0.05, 0) is 58.9 Å². The van der Waals surface area contributed by atoms with Gasteiger partial charge in [-0.3, -0.25) is 46.7 Å². The molecule has 6 unspecified atom stereocenters. The lowest BCUT2D eigenvalue weighted by atomic mass is 10.1. The zero-order chi connectivity index (χ0) is 88.3. The van der Waals surface area contributed by atoms with Gasteiger partial charge in [-0.15, -0.1) is 0 Å². The van der Waals surface area contributed by atoms with E-state index in [9.17, 15) is 24.7 Å². The molecule has 660 valence electrons. The summed E-state index contributed by atoms with van der Waals surface area (Å²) in [6.45, 7) is 20.5. The average Bonchev–Trinajstić information content (AvgIpc) is 1.62. The van der Waals surface area contributed by atoms with Crippen molar-refractivity contribution >= 4 is 115 Å². The number of aromatic nitrogens is 16. The smallest absolute Gasteiger partial charge is 0.346 e. The Balaban J connectivity index is 0.000000191. The lowest BCUT2D eigenvalue weighted by Crippen LogP contribution is -2.35. The van der Waals surface area contributed by atoms with Gasteiger partial charge >= 0.3 is 16.4 Å². The molecule has 6 saturated heterocycles. The number of hydrogen-bond acceptors (Lipinski definition) is 35. The molecule has 0 aliphatic carbocycles. The highest BCUT2D eigenvalue weighted by Crippen LogP contribution is 2.64. The van der Waals surface area contributed by atoms with Crippen LogP contribution in [0.3, 0.4) is 0 Å². The molecule has 0 saturated carbocycles. The number of hydrogen-bond donors (Lipinski definition) is 3. The van der Waals surface area contributed by atoms with E-state index >= 15 is 17.6 Å². The Labute approximate surface area is 712 Å². The van der Waals surface area contributed by atoms with E-state index in [2.05, 4.69) is 85.0 Å². The first-order valence-corrected chi connectivity index (χ1v) is 42.4. The van der Waals surface area contributed by atoms with E-state index in [4.69, 9.17) is 91.6 Å². The van der Waals surface area contributed by atoms with Gasteiger partial charge in [0.15, 0.2) is 120 Å². The van der Waals surface area contributed by atoms with E-state index in [1.165, 1.54) is 68.9 Å². The third-order valence-corrected chi connectivity index (χ3v) is 23.7. The van der Waals surface area contributed by atoms with E-state index in [0.29, 0.717) is 39.2 Å². The molecule has 2 aromatic carbocycles. The lowest BCUT2D eigenvalue weighted by molar-refractivity contribution is -0.306. The van der Waals surface area contributed by atoms with Crippen LogP contribution >= 0.6 is 32.1 Å². The molecule has 16 rings (SSSR count). The molecule has 43 nitrogen and oxygen atoms in total. The number of amides is 2. The number of aryl methyl sites for hydroxylation is 2. The number of nitrogens with one attached hydrogen (secondary N) is 2. The number of alkyl halides is 4. The van der Waals surface area contributed by atoms with Crippen molar-refractivity contribution in [1.82, 2.24) is 78.1 Å². The molecule has 0 spiro atoms. The summed E-state index contributed by atoms with van der Waals surface area (Å²) in [6, 6.07) is 20.8. The normalized spacial score (nSPS) is 29.4. The van der Waals surface area contributed by atoms with Crippen molar-refractivity contribution < 1.29 is 115 Å². The predicted octanol–water partition coefficient (Wildman–Crippen LogP) is 8.46. The summed E-state index contributed by atoms with van der Waals surface area (Å²) in [6.07, 6.45) is -14.1. The van der Waals surface area contributed by atoms with Crippen LogP contribution in [0.1, 0.15) is 90.6 Å². The summed E-state index contributed by atoms with van der Waals surface area (Å²) in [5.41, 5.74) is 3.59. The number of carbonyl (C=O) groups excluding carboxylic acids is 2. The molecule has 4 bridgehead atoms. The molecule has 2 amide bonds. The quantitative estimate of drug-likeness (QED) is 0.0122. The van der Waals surface area contributed by atoms with Crippen LogP contribution in [-0.4, -0.2) is 255 Å². The molecule has 8 aromatic heterocycles. The monoisotopic (exact) mass is 1810 g/mol. The molecule has 10 aromatic rings. The topological polar surface area (TPSA) is 483 Å². The third kappa shape index (κ3) is 20.9. The number of nitriles is 2. The number of carbonyl (C=O) groups is 2. The average molecular weight is 1810 g/mol. The van der Waals surface area contributed by atoms with E-state index in [1.807, 2.05) is 12.1 Å². The Morgan fingerprint density at radius 3 is 1.43 bits per heavy atom. The molecule has 6 fully saturated rings. The van der Waals surface area contributed by atoms with E-state index in [0.717, 1.165) is 0 Å². The van der Waals surface area contributed by atoms with E-state index in [1.54, 1.807) is 95.3 Å². The van der Waals surface area contributed by atoms with Crippen molar-refractivity contribution in [3.63, 3.8) is 0 Å². The number of rotatable bonds is 20. The fourth-order valence-corrected chi connectivity index (χ4v) is 17.7. The second-order valence-electron chi connectivity index (χ2n) is 28.0. The molecule has 125 heavy (non-hydrogen) atoms. The minimum Gasteiger partial charge on any atom is -0.346 e. The molecule has 3 N–H and O–H groups in total. The number of halogens is 4. The molecule has 20 atom stereocenters. The van der Waals surface area contributed by atoms with Crippen LogP contribution in [-0.2, 0) is 82.7 Å². The van der Waals surface area contributed by atoms with Gasteiger partial charge in [0.05, 0.1) is 93.7 Å². The summed E-state index contributed by atoms with van der Waals surface area (Å²) >= 11 is 0. The van der Waals surface area contributed by atoms with Crippen molar-refractivity contribution in [2.75, 3.05) is 76.6 Å². The van der Waals surface area contributed by atoms with E-state index < -0.39 is 189 Å². The fourth-order valence-electron chi connectivity index (χ4n) is 12.9. The van der Waals surface area contributed by atoms with Gasteiger partial charge in [-0.1, -0.05) is 36.4 Å². The van der Waals surface area contributed by atoms with Gasteiger partial charge in [0.25, 0.3) is 11.8 Å². The van der Waals surface area contributed by atoms with Gasteiger partial charge in [-0.25, -0.2) is 127 Å². The number of phosphoric acid groups is 1. The Morgan fingerprint density at radius 1 is 0.568 bits per heavy atom. The molecule has 6 aliphatic rings. The summed E-state index contributed by atoms with van der Waals surface area (Å²) < 4.78 is 185. The molecule has 0 radical (unpaired) electrons. The maximum Gasteiger partial charge on any atom is 0.475 e.